The van der Waals surface area contributed by atoms with Gasteiger partial charge in [0.15, 0.2) is 9.84 Å². The Kier molecular flexibility index (Phi) is 7.05. The van der Waals surface area contributed by atoms with Crippen LogP contribution in [-0.4, -0.2) is 46.9 Å². The van der Waals surface area contributed by atoms with Crippen molar-refractivity contribution in [3.63, 3.8) is 0 Å². The number of aromatic carboxylic acids is 1. The van der Waals surface area contributed by atoms with Crippen LogP contribution >= 0.6 is 22.9 Å². The molecular weight excluding hydrogens is 576 g/mol. The number of ether oxygens (including phenoxy) is 1. The summed E-state index contributed by atoms with van der Waals surface area (Å²) in [6.45, 7) is 1.71. The topological polar surface area (TPSA) is 152 Å². The minimum absolute atomic E-state index is 0.0231. The molecule has 3 aromatic heterocycles. The van der Waals surface area contributed by atoms with Gasteiger partial charge in [0.1, 0.15) is 24.3 Å². The zero-order chi connectivity index (χ0) is 28.8. The number of halogens is 1. The average molecular weight is 595 g/mol. The summed E-state index contributed by atoms with van der Waals surface area (Å²) in [7, 11) is -3.75. The summed E-state index contributed by atoms with van der Waals surface area (Å²) < 4.78 is 32.4. The molecule has 1 N–H and O–H groups in total. The van der Waals surface area contributed by atoms with Crippen LogP contribution in [0.2, 0.25) is 5.02 Å². The zero-order valence-electron chi connectivity index (χ0n) is 21.0. The van der Waals surface area contributed by atoms with Gasteiger partial charge in [0.25, 0.3) is 5.56 Å². The van der Waals surface area contributed by atoms with Gasteiger partial charge in [-0.1, -0.05) is 11.6 Å². The van der Waals surface area contributed by atoms with Gasteiger partial charge in [0.05, 0.1) is 43.7 Å². The van der Waals surface area contributed by atoms with E-state index in [0.29, 0.717) is 37.9 Å². The first kappa shape index (κ1) is 27.3. The summed E-state index contributed by atoms with van der Waals surface area (Å²) in [5.41, 5.74) is 1.18. The smallest absolute Gasteiger partial charge is 0.338 e. The standard InChI is InChI=1S/C27H19ClN4O6S2/c1-14-31-20-4-6-22(40(2,36)37)18(12-29)23(20)26(33)32(14)9-10-38-21-5-3-15(28)11-17(21)16-7-8-30-24-19(27(34)35)13-39-25(16)24/h3-8,11,13H,9-10H2,1-2H3,(H,34,35). The molecule has 10 nitrogen and oxygen atoms in total. The number of thiophene rings is 1. The van der Waals surface area contributed by atoms with Crippen LogP contribution in [0, 0.1) is 18.3 Å². The van der Waals surface area contributed by atoms with Gasteiger partial charge in [-0.25, -0.2) is 18.2 Å². The molecule has 0 aliphatic heterocycles. The third-order valence-corrected chi connectivity index (χ3v) is 8.65. The number of carboxylic acid groups (broad SMARTS) is 1. The normalized spacial score (nSPS) is 11.6. The molecule has 202 valence electrons. The van der Waals surface area contributed by atoms with Gasteiger partial charge >= 0.3 is 5.97 Å². The second-order valence-electron chi connectivity index (χ2n) is 8.81. The molecule has 0 atom stereocenters. The van der Waals surface area contributed by atoms with E-state index in [1.54, 1.807) is 31.2 Å². The SMILES string of the molecule is Cc1nc2ccc(S(C)(=O)=O)c(C#N)c2c(=O)n1CCOc1ccc(Cl)cc1-c1ccnc2c(C(=O)O)csc12. The molecule has 2 aromatic carbocycles. The molecule has 5 rings (SSSR count). The Balaban J connectivity index is 1.52. The lowest BCUT2D eigenvalue weighted by atomic mass is 10.0. The largest absolute Gasteiger partial charge is 0.491 e. The number of benzene rings is 2. The fraction of sp³-hybridized carbons (Fsp3) is 0.148. The molecule has 5 aromatic rings. The number of nitrogens with zero attached hydrogens (tertiary/aromatic N) is 4. The van der Waals surface area contributed by atoms with E-state index in [-0.39, 0.29) is 40.1 Å². The Hall–Kier alpha value is -4.31. The minimum Gasteiger partial charge on any atom is -0.491 e. The third-order valence-electron chi connectivity index (χ3n) is 6.28. The van der Waals surface area contributed by atoms with Crippen LogP contribution in [0.5, 0.6) is 5.75 Å². The van der Waals surface area contributed by atoms with Crippen LogP contribution < -0.4 is 10.3 Å². The summed E-state index contributed by atoms with van der Waals surface area (Å²) in [5, 5.41) is 21.1. The van der Waals surface area contributed by atoms with Crippen molar-refractivity contribution in [2.45, 2.75) is 18.4 Å². The van der Waals surface area contributed by atoms with Crippen molar-refractivity contribution < 1.29 is 23.1 Å². The highest BCUT2D eigenvalue weighted by Gasteiger charge is 2.21. The van der Waals surface area contributed by atoms with Crippen molar-refractivity contribution in [1.29, 1.82) is 5.26 Å². The maximum absolute atomic E-state index is 13.4. The maximum Gasteiger partial charge on any atom is 0.338 e. The first-order chi connectivity index (χ1) is 19.0. The Bertz CT molecular complexity index is 2060. The molecule has 40 heavy (non-hydrogen) atoms. The number of carbonyl (C=O) groups is 1. The zero-order valence-corrected chi connectivity index (χ0v) is 23.4. The van der Waals surface area contributed by atoms with Gasteiger partial charge < -0.3 is 9.84 Å². The van der Waals surface area contributed by atoms with Gasteiger partial charge in [-0.05, 0) is 43.3 Å². The minimum atomic E-state index is -3.75. The quantitative estimate of drug-likeness (QED) is 0.283. The van der Waals surface area contributed by atoms with Crippen molar-refractivity contribution in [1.82, 2.24) is 14.5 Å². The molecule has 0 unspecified atom stereocenters. The molecular formula is C27H19ClN4O6S2. The number of hydrogen-bond acceptors (Lipinski definition) is 9. The molecule has 0 spiro atoms. The molecule has 0 radical (unpaired) electrons. The lowest BCUT2D eigenvalue weighted by Crippen LogP contribution is -2.27. The Labute approximate surface area is 236 Å². The highest BCUT2D eigenvalue weighted by atomic mass is 35.5. The van der Waals surface area contributed by atoms with Gasteiger partial charge in [0, 0.05) is 34.0 Å². The third kappa shape index (κ3) is 4.79. The second-order valence-corrected chi connectivity index (χ2v) is 12.1. The van der Waals surface area contributed by atoms with Crippen LogP contribution in [0.4, 0.5) is 0 Å². The number of carboxylic acids is 1. The summed E-state index contributed by atoms with van der Waals surface area (Å²) >= 11 is 7.53. The van der Waals surface area contributed by atoms with Crippen LogP contribution in [0.1, 0.15) is 21.7 Å². The Morgan fingerprint density at radius 2 is 2.00 bits per heavy atom. The molecule has 0 amide bonds. The summed E-state index contributed by atoms with van der Waals surface area (Å²) in [5.74, 6) is -0.269. The molecule has 0 aliphatic rings. The number of sulfone groups is 1. The maximum atomic E-state index is 13.4. The lowest BCUT2D eigenvalue weighted by molar-refractivity contribution is 0.0699. The number of aromatic nitrogens is 3. The molecule has 0 fully saturated rings. The number of pyridine rings is 1. The number of aryl methyl sites for hydroxylation is 1. The van der Waals surface area contributed by atoms with Gasteiger partial charge in [0.2, 0.25) is 0 Å². The van der Waals surface area contributed by atoms with Gasteiger partial charge in [-0.3, -0.25) is 14.3 Å². The monoisotopic (exact) mass is 594 g/mol. The van der Waals surface area contributed by atoms with Crippen molar-refractivity contribution in [2.24, 2.45) is 0 Å². The van der Waals surface area contributed by atoms with Crippen LogP contribution in [0.25, 0.3) is 32.2 Å². The van der Waals surface area contributed by atoms with Crippen molar-refractivity contribution in [3.8, 4) is 22.9 Å². The number of hydrogen-bond donors (Lipinski definition) is 1. The fourth-order valence-electron chi connectivity index (χ4n) is 4.46. The van der Waals surface area contributed by atoms with E-state index in [1.165, 1.54) is 39.6 Å². The van der Waals surface area contributed by atoms with Gasteiger partial charge in [-0.15, -0.1) is 11.3 Å². The predicted octanol–water partition coefficient (Wildman–Crippen LogP) is 4.69. The van der Waals surface area contributed by atoms with E-state index in [1.807, 2.05) is 6.07 Å². The molecule has 13 heteroatoms. The predicted molar refractivity (Wildman–Crippen MR) is 151 cm³/mol. The van der Waals surface area contributed by atoms with Crippen LogP contribution in [-0.2, 0) is 16.4 Å². The van der Waals surface area contributed by atoms with E-state index < -0.39 is 21.4 Å². The van der Waals surface area contributed by atoms with Crippen molar-refractivity contribution in [2.75, 3.05) is 12.9 Å². The number of nitriles is 1. The van der Waals surface area contributed by atoms with Crippen molar-refractivity contribution >= 4 is 59.9 Å². The lowest BCUT2D eigenvalue weighted by Gasteiger charge is -2.15. The molecule has 0 saturated heterocycles. The van der Waals surface area contributed by atoms with Crippen molar-refractivity contribution in [3.05, 3.63) is 80.3 Å². The van der Waals surface area contributed by atoms with E-state index in [2.05, 4.69) is 9.97 Å². The Morgan fingerprint density at radius 1 is 1.23 bits per heavy atom. The van der Waals surface area contributed by atoms with E-state index >= 15 is 0 Å². The Morgan fingerprint density at radius 3 is 2.70 bits per heavy atom. The first-order valence-electron chi connectivity index (χ1n) is 11.7. The fourth-order valence-corrected chi connectivity index (χ4v) is 6.50. The first-order valence-corrected chi connectivity index (χ1v) is 14.8. The summed E-state index contributed by atoms with van der Waals surface area (Å²) in [4.78, 5) is 33.5. The highest BCUT2D eigenvalue weighted by Crippen LogP contribution is 2.39. The van der Waals surface area contributed by atoms with E-state index in [4.69, 9.17) is 16.3 Å². The average Bonchev–Trinajstić information content (AvgIpc) is 3.34. The number of rotatable bonds is 7. The summed E-state index contributed by atoms with van der Waals surface area (Å²) in [6, 6.07) is 11.3. The van der Waals surface area contributed by atoms with Crippen LogP contribution in [0.15, 0.2) is 57.7 Å². The van der Waals surface area contributed by atoms with E-state index in [0.717, 1.165) is 6.26 Å². The van der Waals surface area contributed by atoms with Gasteiger partial charge in [-0.2, -0.15) is 5.26 Å². The molecule has 0 bridgehead atoms. The summed E-state index contributed by atoms with van der Waals surface area (Å²) in [6.07, 6.45) is 2.49. The second kappa shape index (κ2) is 10.3. The molecule has 0 aliphatic carbocycles. The molecule has 3 heterocycles. The van der Waals surface area contributed by atoms with Crippen LogP contribution in [0.3, 0.4) is 0 Å². The highest BCUT2D eigenvalue weighted by molar-refractivity contribution is 7.90. The molecule has 0 saturated carbocycles. The van der Waals surface area contributed by atoms with E-state index in [9.17, 15) is 28.4 Å². The number of fused-ring (bicyclic) bond motifs is 2.